The Kier molecular flexibility index (Phi) is 12.4. The summed E-state index contributed by atoms with van der Waals surface area (Å²) in [5.41, 5.74) is 0. The van der Waals surface area contributed by atoms with E-state index >= 15 is 0 Å². The maximum Gasteiger partial charge on any atom is 0.487 e. The second-order valence-electron chi connectivity index (χ2n) is 5.45. The third kappa shape index (κ3) is 9.30. The van der Waals surface area contributed by atoms with Gasteiger partial charge in [-0.2, -0.15) is 0 Å². The molecule has 0 spiro atoms. The Morgan fingerprint density at radius 2 is 1.14 bits per heavy atom. The summed E-state index contributed by atoms with van der Waals surface area (Å²) in [6.07, 6.45) is 2.07. The zero-order valence-electron chi connectivity index (χ0n) is 13.4. The minimum absolute atomic E-state index is 0. The number of ether oxygens (including phenoxy) is 2. The summed E-state index contributed by atoms with van der Waals surface area (Å²) in [6, 6.07) is 0. The number of hydrogen-bond acceptors (Lipinski definition) is 6. The lowest BCUT2D eigenvalue weighted by atomic mass is 10.3. The lowest BCUT2D eigenvalue weighted by Gasteiger charge is -2.26. The number of nitrogens with zero attached hydrogens (tertiary/aromatic N) is 2. The highest BCUT2D eigenvalue weighted by Gasteiger charge is 2.10. The SMILES string of the molecule is Cl.[B](OCCCN1CCOCC1)OCCCN1CCOCC1. The lowest BCUT2D eigenvalue weighted by molar-refractivity contribution is 0.0343. The molecule has 2 heterocycles. The van der Waals surface area contributed by atoms with Crippen molar-refractivity contribution in [3.8, 4) is 0 Å². The fraction of sp³-hybridized carbons (Fsp3) is 1.00. The van der Waals surface area contributed by atoms with Crippen LogP contribution in [0.3, 0.4) is 0 Å². The third-order valence-electron chi connectivity index (χ3n) is 3.82. The molecule has 1 radical (unpaired) electrons. The molecule has 0 aromatic heterocycles. The molecule has 2 fully saturated rings. The van der Waals surface area contributed by atoms with Gasteiger partial charge in [-0.05, 0) is 12.8 Å². The summed E-state index contributed by atoms with van der Waals surface area (Å²) in [7, 11) is 1.50. The van der Waals surface area contributed by atoms with Gasteiger partial charge in [-0.1, -0.05) is 0 Å². The second kappa shape index (κ2) is 13.5. The molecule has 0 aromatic rings. The molecule has 6 nitrogen and oxygen atoms in total. The maximum absolute atomic E-state index is 5.38. The topological polar surface area (TPSA) is 43.4 Å². The quantitative estimate of drug-likeness (QED) is 0.426. The van der Waals surface area contributed by atoms with Crippen LogP contribution in [0.15, 0.2) is 0 Å². The van der Waals surface area contributed by atoms with Crippen molar-refractivity contribution in [3.05, 3.63) is 0 Å². The van der Waals surface area contributed by atoms with E-state index in [1.807, 2.05) is 0 Å². The van der Waals surface area contributed by atoms with E-state index in [0.29, 0.717) is 0 Å². The number of rotatable bonds is 10. The van der Waals surface area contributed by atoms with Crippen molar-refractivity contribution in [2.24, 2.45) is 0 Å². The van der Waals surface area contributed by atoms with Gasteiger partial charge in [0.15, 0.2) is 0 Å². The van der Waals surface area contributed by atoms with E-state index in [2.05, 4.69) is 9.80 Å². The zero-order chi connectivity index (χ0) is 14.6. The molecule has 129 valence electrons. The first-order valence-corrected chi connectivity index (χ1v) is 8.10. The maximum atomic E-state index is 5.38. The van der Waals surface area contributed by atoms with Crippen LogP contribution in [-0.4, -0.2) is 96.4 Å². The second-order valence-corrected chi connectivity index (χ2v) is 5.45. The molecular weight excluding hydrogens is 306 g/mol. The summed E-state index contributed by atoms with van der Waals surface area (Å²) in [6.45, 7) is 11.2. The van der Waals surface area contributed by atoms with E-state index in [-0.39, 0.29) is 12.4 Å². The molecule has 0 atom stereocenters. The van der Waals surface area contributed by atoms with Crippen LogP contribution in [0.1, 0.15) is 12.8 Å². The van der Waals surface area contributed by atoms with Gasteiger partial charge in [0, 0.05) is 52.5 Å². The molecule has 2 saturated heterocycles. The molecule has 0 unspecified atom stereocenters. The van der Waals surface area contributed by atoms with Gasteiger partial charge in [-0.15, -0.1) is 12.4 Å². The Labute approximate surface area is 141 Å². The first kappa shape index (κ1) is 20.2. The first-order valence-electron chi connectivity index (χ1n) is 8.10. The molecule has 8 heteroatoms. The largest absolute Gasteiger partial charge is 0.487 e. The highest BCUT2D eigenvalue weighted by atomic mass is 35.5. The number of hydrogen-bond donors (Lipinski definition) is 0. The van der Waals surface area contributed by atoms with E-state index in [9.17, 15) is 0 Å². The van der Waals surface area contributed by atoms with E-state index in [0.717, 1.165) is 91.8 Å². The highest BCUT2D eigenvalue weighted by molar-refractivity contribution is 6.17. The molecular formula is C14H29BClN2O4. The van der Waals surface area contributed by atoms with Crippen molar-refractivity contribution in [1.29, 1.82) is 0 Å². The van der Waals surface area contributed by atoms with Crippen LogP contribution in [0.4, 0.5) is 0 Å². The first-order chi connectivity index (χ1) is 10.4. The van der Waals surface area contributed by atoms with Gasteiger partial charge in [-0.3, -0.25) is 9.80 Å². The van der Waals surface area contributed by atoms with Gasteiger partial charge in [0.25, 0.3) is 0 Å². The molecule has 0 saturated carbocycles. The molecule has 22 heavy (non-hydrogen) atoms. The summed E-state index contributed by atoms with van der Waals surface area (Å²) >= 11 is 0. The van der Waals surface area contributed by atoms with Crippen LogP contribution in [0.5, 0.6) is 0 Å². The number of morpholine rings is 2. The molecule has 0 bridgehead atoms. The van der Waals surface area contributed by atoms with E-state index < -0.39 is 0 Å². The van der Waals surface area contributed by atoms with Crippen molar-refractivity contribution in [2.45, 2.75) is 12.8 Å². The van der Waals surface area contributed by atoms with Crippen LogP contribution in [0.25, 0.3) is 0 Å². The third-order valence-corrected chi connectivity index (χ3v) is 3.82. The zero-order valence-corrected chi connectivity index (χ0v) is 14.2. The molecule has 0 amide bonds. The van der Waals surface area contributed by atoms with Crippen molar-refractivity contribution >= 4 is 20.1 Å². The van der Waals surface area contributed by atoms with E-state index in [4.69, 9.17) is 18.8 Å². The lowest BCUT2D eigenvalue weighted by Crippen LogP contribution is -2.37. The fourth-order valence-corrected chi connectivity index (χ4v) is 2.54. The van der Waals surface area contributed by atoms with Gasteiger partial charge in [0.1, 0.15) is 0 Å². The van der Waals surface area contributed by atoms with Crippen LogP contribution in [0.2, 0.25) is 0 Å². The Hall–Kier alpha value is 0.115. The average Bonchev–Trinajstić information content (AvgIpc) is 2.55. The van der Waals surface area contributed by atoms with Gasteiger partial charge in [0.2, 0.25) is 0 Å². The predicted octanol–water partition coefficient (Wildman–Crippen LogP) is 0.420. The normalized spacial score (nSPS) is 20.5. The predicted molar refractivity (Wildman–Crippen MR) is 88.7 cm³/mol. The monoisotopic (exact) mass is 335 g/mol. The van der Waals surface area contributed by atoms with E-state index in [1.54, 1.807) is 0 Å². The molecule has 0 aliphatic carbocycles. The molecule has 0 aromatic carbocycles. The van der Waals surface area contributed by atoms with Gasteiger partial charge in [-0.25, -0.2) is 0 Å². The molecule has 0 N–H and O–H groups in total. The smallest absolute Gasteiger partial charge is 0.413 e. The summed E-state index contributed by atoms with van der Waals surface area (Å²) < 4.78 is 21.4. The van der Waals surface area contributed by atoms with Crippen molar-refractivity contribution in [1.82, 2.24) is 9.80 Å². The number of halogens is 1. The van der Waals surface area contributed by atoms with Gasteiger partial charge in [0.05, 0.1) is 26.4 Å². The minimum atomic E-state index is 0. The summed E-state index contributed by atoms with van der Waals surface area (Å²) in [4.78, 5) is 4.83. The van der Waals surface area contributed by atoms with Crippen LogP contribution in [0, 0.1) is 0 Å². The van der Waals surface area contributed by atoms with Crippen LogP contribution >= 0.6 is 12.4 Å². The van der Waals surface area contributed by atoms with Crippen molar-refractivity contribution < 1.29 is 18.8 Å². The fourth-order valence-electron chi connectivity index (χ4n) is 2.54. The van der Waals surface area contributed by atoms with E-state index in [1.165, 1.54) is 7.69 Å². The average molecular weight is 336 g/mol. The Balaban J connectivity index is 0.00000242. The summed E-state index contributed by atoms with van der Waals surface area (Å²) in [5, 5.41) is 0. The highest BCUT2D eigenvalue weighted by Crippen LogP contribution is 1.99. The molecule has 2 rings (SSSR count). The van der Waals surface area contributed by atoms with Crippen LogP contribution < -0.4 is 0 Å². The van der Waals surface area contributed by atoms with Crippen molar-refractivity contribution in [2.75, 3.05) is 78.9 Å². The van der Waals surface area contributed by atoms with Crippen molar-refractivity contribution in [3.63, 3.8) is 0 Å². The van der Waals surface area contributed by atoms with Gasteiger partial charge >= 0.3 is 7.69 Å². The molecule has 2 aliphatic rings. The Morgan fingerprint density at radius 3 is 1.55 bits per heavy atom. The Morgan fingerprint density at radius 1 is 0.727 bits per heavy atom. The Bertz CT molecular complexity index is 231. The minimum Gasteiger partial charge on any atom is -0.413 e. The standard InChI is InChI=1S/C14H28BN2O4.ClH/c1(3-16-5-11-18-12-6-16)9-20-15-21-10-2-4-17-7-13-19-14-8-17;/h1-14H2;1H. The van der Waals surface area contributed by atoms with Gasteiger partial charge < -0.3 is 18.8 Å². The molecule has 2 aliphatic heterocycles. The summed E-state index contributed by atoms with van der Waals surface area (Å²) in [5.74, 6) is 0. The van der Waals surface area contributed by atoms with Crippen LogP contribution in [-0.2, 0) is 18.8 Å².